The van der Waals surface area contributed by atoms with Crippen molar-refractivity contribution in [3.05, 3.63) is 60.4 Å². The van der Waals surface area contributed by atoms with Crippen molar-refractivity contribution >= 4 is 38.1 Å². The lowest BCUT2D eigenvalue weighted by Gasteiger charge is -2.28. The highest BCUT2D eigenvalue weighted by molar-refractivity contribution is 7.92. The summed E-state index contributed by atoms with van der Waals surface area (Å²) in [4.78, 5) is 12.6. The highest BCUT2D eigenvalue weighted by Gasteiger charge is 2.31. The van der Waals surface area contributed by atoms with E-state index in [2.05, 4.69) is 15.5 Å². The minimum absolute atomic E-state index is 0.199. The normalized spacial score (nSPS) is 12.4. The minimum atomic E-state index is -3.91. The Bertz CT molecular complexity index is 1090. The fourth-order valence-electron chi connectivity index (χ4n) is 2.59. The highest BCUT2D eigenvalue weighted by atomic mass is 32.2. The van der Waals surface area contributed by atoms with Gasteiger partial charge in [0.1, 0.15) is 16.9 Å². The first-order valence-corrected chi connectivity index (χ1v) is 10.9. The van der Waals surface area contributed by atoms with Gasteiger partial charge in [0, 0.05) is 5.56 Å². The average Bonchev–Trinajstić information content (AvgIpc) is 3.11. The van der Waals surface area contributed by atoms with Crippen molar-refractivity contribution in [1.29, 1.82) is 0 Å². The molecule has 7 nitrogen and oxygen atoms in total. The van der Waals surface area contributed by atoms with Crippen molar-refractivity contribution in [2.24, 2.45) is 0 Å². The number of hydrogen-bond donors (Lipinski definition) is 1. The van der Waals surface area contributed by atoms with E-state index in [-0.39, 0.29) is 10.8 Å². The number of sulfonamides is 1. The quantitative estimate of drug-likeness (QED) is 0.661. The number of halogens is 1. The molecule has 0 aliphatic carbocycles. The van der Waals surface area contributed by atoms with Crippen molar-refractivity contribution < 1.29 is 17.6 Å². The Balaban J connectivity index is 1.83. The van der Waals surface area contributed by atoms with Gasteiger partial charge in [0.2, 0.25) is 21.1 Å². The van der Waals surface area contributed by atoms with E-state index in [1.807, 2.05) is 30.3 Å². The molecule has 1 aromatic heterocycles. The maximum atomic E-state index is 14.2. The standard InChI is InChI=1S/C18H17FN4O3S2/c1-12(23(28(2,25)26)15-11-7-6-10-14(15)19)16(24)20-18-22-21-17(27-18)13-8-4-3-5-9-13/h3-12H,1-2H3,(H,20,22,24). The third-order valence-corrected chi connectivity index (χ3v) is 5.97. The third kappa shape index (κ3) is 4.34. The topological polar surface area (TPSA) is 92.3 Å². The summed E-state index contributed by atoms with van der Waals surface area (Å²) >= 11 is 1.15. The van der Waals surface area contributed by atoms with Crippen LogP contribution in [0.5, 0.6) is 0 Å². The lowest BCUT2D eigenvalue weighted by molar-refractivity contribution is -0.116. The first-order valence-electron chi connectivity index (χ1n) is 8.21. The molecule has 28 heavy (non-hydrogen) atoms. The van der Waals surface area contributed by atoms with Crippen LogP contribution in [0.1, 0.15) is 6.92 Å². The molecular formula is C18H17FN4O3S2. The van der Waals surface area contributed by atoms with Gasteiger partial charge in [0.25, 0.3) is 0 Å². The first kappa shape index (κ1) is 19.9. The monoisotopic (exact) mass is 420 g/mol. The number of rotatable bonds is 6. The van der Waals surface area contributed by atoms with Crippen LogP contribution in [0.15, 0.2) is 54.6 Å². The molecule has 1 atom stereocenters. The van der Waals surface area contributed by atoms with Gasteiger partial charge in [-0.15, -0.1) is 10.2 Å². The summed E-state index contributed by atoms with van der Waals surface area (Å²) < 4.78 is 39.4. The lowest BCUT2D eigenvalue weighted by atomic mass is 10.2. The first-order chi connectivity index (χ1) is 13.3. The van der Waals surface area contributed by atoms with Crippen molar-refractivity contribution in [3.8, 4) is 10.6 Å². The average molecular weight is 420 g/mol. The van der Waals surface area contributed by atoms with E-state index in [4.69, 9.17) is 0 Å². The second-order valence-electron chi connectivity index (χ2n) is 5.95. The van der Waals surface area contributed by atoms with Crippen LogP contribution in [0.3, 0.4) is 0 Å². The third-order valence-electron chi connectivity index (χ3n) is 3.85. The summed E-state index contributed by atoms with van der Waals surface area (Å²) in [6.07, 6.45) is 0.918. The largest absolute Gasteiger partial charge is 0.299 e. The number of nitrogens with zero attached hydrogens (tertiary/aromatic N) is 3. The van der Waals surface area contributed by atoms with Crippen molar-refractivity contribution in [2.45, 2.75) is 13.0 Å². The Hall–Kier alpha value is -2.85. The van der Waals surface area contributed by atoms with Crippen molar-refractivity contribution in [3.63, 3.8) is 0 Å². The Kier molecular flexibility index (Phi) is 5.71. The number of benzene rings is 2. The summed E-state index contributed by atoms with van der Waals surface area (Å²) in [5, 5.41) is 11.3. The van der Waals surface area contributed by atoms with Gasteiger partial charge >= 0.3 is 0 Å². The van der Waals surface area contributed by atoms with Gasteiger partial charge in [-0.05, 0) is 19.1 Å². The van der Waals surface area contributed by atoms with Crippen molar-refractivity contribution in [2.75, 3.05) is 15.9 Å². The predicted molar refractivity (Wildman–Crippen MR) is 107 cm³/mol. The number of anilines is 2. The second-order valence-corrected chi connectivity index (χ2v) is 8.79. The number of carbonyl (C=O) groups excluding carboxylic acids is 1. The molecule has 1 heterocycles. The lowest BCUT2D eigenvalue weighted by Crippen LogP contribution is -2.45. The summed E-state index contributed by atoms with van der Waals surface area (Å²) in [5.74, 6) is -1.39. The molecule has 0 bridgehead atoms. The maximum Gasteiger partial charge on any atom is 0.249 e. The van der Waals surface area contributed by atoms with E-state index in [9.17, 15) is 17.6 Å². The number of amides is 1. The van der Waals surface area contributed by atoms with E-state index in [0.29, 0.717) is 5.01 Å². The fraction of sp³-hybridized carbons (Fsp3) is 0.167. The molecule has 0 spiro atoms. The summed E-state index contributed by atoms with van der Waals surface area (Å²) in [6, 6.07) is 13.5. The van der Waals surface area contributed by atoms with Gasteiger partial charge in [-0.1, -0.05) is 53.8 Å². The maximum absolute atomic E-state index is 14.2. The van der Waals surface area contributed by atoms with Gasteiger partial charge in [-0.2, -0.15) is 0 Å². The minimum Gasteiger partial charge on any atom is -0.299 e. The smallest absolute Gasteiger partial charge is 0.249 e. The van der Waals surface area contributed by atoms with E-state index in [1.165, 1.54) is 25.1 Å². The van der Waals surface area contributed by atoms with Crippen molar-refractivity contribution in [1.82, 2.24) is 10.2 Å². The van der Waals surface area contributed by atoms with Crippen LogP contribution in [0.25, 0.3) is 10.6 Å². The molecule has 0 aliphatic rings. The molecule has 0 aliphatic heterocycles. The van der Waals surface area contributed by atoms with Gasteiger partial charge in [-0.3, -0.25) is 14.4 Å². The highest BCUT2D eigenvalue weighted by Crippen LogP contribution is 2.27. The molecule has 3 rings (SSSR count). The van der Waals surface area contributed by atoms with Crippen LogP contribution in [0, 0.1) is 5.82 Å². The van der Waals surface area contributed by atoms with Gasteiger partial charge in [0.05, 0.1) is 11.9 Å². The number of hydrogen-bond acceptors (Lipinski definition) is 6. The van der Waals surface area contributed by atoms with E-state index in [1.54, 1.807) is 0 Å². The van der Waals surface area contributed by atoms with Crippen LogP contribution in [0.2, 0.25) is 0 Å². The molecule has 0 saturated carbocycles. The van der Waals surface area contributed by atoms with E-state index < -0.39 is 27.8 Å². The molecule has 0 radical (unpaired) electrons. The number of nitrogens with one attached hydrogen (secondary N) is 1. The molecular weight excluding hydrogens is 403 g/mol. The number of carbonyl (C=O) groups is 1. The molecule has 1 unspecified atom stereocenters. The molecule has 0 saturated heterocycles. The Morgan fingerprint density at radius 1 is 1.11 bits per heavy atom. The Labute approximate surface area is 165 Å². The van der Waals surface area contributed by atoms with Crippen LogP contribution in [-0.2, 0) is 14.8 Å². The zero-order valence-corrected chi connectivity index (χ0v) is 16.7. The van der Waals surface area contributed by atoms with Crippen LogP contribution >= 0.6 is 11.3 Å². The molecule has 0 fully saturated rings. The van der Waals surface area contributed by atoms with E-state index in [0.717, 1.165) is 33.5 Å². The molecule has 1 N–H and O–H groups in total. The van der Waals surface area contributed by atoms with Gasteiger partial charge in [0.15, 0.2) is 0 Å². The number of aromatic nitrogens is 2. The molecule has 1 amide bonds. The fourth-order valence-corrected chi connectivity index (χ4v) is 4.52. The van der Waals surface area contributed by atoms with Gasteiger partial charge < -0.3 is 0 Å². The molecule has 146 valence electrons. The second kappa shape index (κ2) is 8.03. The summed E-state index contributed by atoms with van der Waals surface area (Å²) in [7, 11) is -3.91. The molecule has 3 aromatic rings. The van der Waals surface area contributed by atoms with Crippen LogP contribution < -0.4 is 9.62 Å². The summed E-state index contributed by atoms with van der Waals surface area (Å²) in [5.41, 5.74) is 0.646. The van der Waals surface area contributed by atoms with Crippen LogP contribution in [-0.4, -0.2) is 36.8 Å². The van der Waals surface area contributed by atoms with Gasteiger partial charge in [-0.25, -0.2) is 12.8 Å². The predicted octanol–water partition coefficient (Wildman–Crippen LogP) is 3.14. The zero-order valence-electron chi connectivity index (χ0n) is 15.0. The Morgan fingerprint density at radius 2 is 1.75 bits per heavy atom. The van der Waals surface area contributed by atoms with Crippen LogP contribution in [0.4, 0.5) is 15.2 Å². The SMILES string of the molecule is CC(C(=O)Nc1nnc(-c2ccccc2)s1)N(c1ccccc1F)S(C)(=O)=O. The summed E-state index contributed by atoms with van der Waals surface area (Å²) in [6.45, 7) is 1.38. The molecule has 2 aromatic carbocycles. The zero-order chi connectivity index (χ0) is 20.3. The number of para-hydroxylation sites is 1. The van der Waals surface area contributed by atoms with E-state index >= 15 is 0 Å². The Morgan fingerprint density at radius 3 is 2.39 bits per heavy atom. The molecule has 10 heteroatoms.